The first-order valence-electron chi connectivity index (χ1n) is 8.56. The number of halogens is 2. The Bertz CT molecular complexity index is 769. The molecule has 1 aliphatic heterocycles. The first-order valence-corrected chi connectivity index (χ1v) is 10.5. The molecule has 0 spiro atoms. The molecule has 2 aromatic carbocycles. The average molecular weight is 394 g/mol. The van der Waals surface area contributed by atoms with Crippen LogP contribution in [0.5, 0.6) is 0 Å². The number of carbonyl (C=O) groups excluding carboxylic acids is 1. The smallest absolute Gasteiger partial charge is 0.288 e. The standard InChI is InChI=1S/C20H21F2NOS2/c1-14-6-2-3-7-15(14)17-10-11-23(12-13-25-17)19(24)16-8-4-5-9-18(16)26-20(21)22/h2-9,17,20H,10-13H2,1H3. The van der Waals surface area contributed by atoms with E-state index in [9.17, 15) is 13.6 Å². The molecule has 1 heterocycles. The molecular weight excluding hydrogens is 372 g/mol. The van der Waals surface area contributed by atoms with Crippen molar-refractivity contribution >= 4 is 29.4 Å². The third kappa shape index (κ3) is 4.60. The fraction of sp³-hybridized carbons (Fsp3) is 0.350. The lowest BCUT2D eigenvalue weighted by molar-refractivity contribution is 0.0763. The second kappa shape index (κ2) is 8.91. The van der Waals surface area contributed by atoms with Crippen LogP contribution in [0.15, 0.2) is 53.4 Å². The van der Waals surface area contributed by atoms with Crippen molar-refractivity contribution in [3.8, 4) is 0 Å². The van der Waals surface area contributed by atoms with E-state index in [1.54, 1.807) is 29.2 Å². The van der Waals surface area contributed by atoms with E-state index >= 15 is 0 Å². The lowest BCUT2D eigenvalue weighted by atomic mass is 10.0. The highest BCUT2D eigenvalue weighted by Gasteiger charge is 2.25. The van der Waals surface area contributed by atoms with Crippen molar-refractivity contribution in [1.29, 1.82) is 0 Å². The summed E-state index contributed by atoms with van der Waals surface area (Å²) in [7, 11) is 0. The lowest BCUT2D eigenvalue weighted by Gasteiger charge is -2.22. The zero-order chi connectivity index (χ0) is 18.5. The minimum atomic E-state index is -2.53. The normalized spacial score (nSPS) is 18.0. The number of thioether (sulfide) groups is 2. The summed E-state index contributed by atoms with van der Waals surface area (Å²) in [5.41, 5.74) is 2.96. The van der Waals surface area contributed by atoms with Gasteiger partial charge in [-0.2, -0.15) is 20.5 Å². The van der Waals surface area contributed by atoms with Crippen LogP contribution in [-0.4, -0.2) is 35.4 Å². The molecule has 1 fully saturated rings. The van der Waals surface area contributed by atoms with E-state index in [-0.39, 0.29) is 5.91 Å². The highest BCUT2D eigenvalue weighted by atomic mass is 32.2. The van der Waals surface area contributed by atoms with Crippen molar-refractivity contribution in [2.45, 2.75) is 29.2 Å². The Morgan fingerprint density at radius 3 is 2.65 bits per heavy atom. The summed E-state index contributed by atoms with van der Waals surface area (Å²) in [6.07, 6.45) is 0.866. The molecule has 3 rings (SSSR count). The monoisotopic (exact) mass is 393 g/mol. The van der Waals surface area contributed by atoms with Crippen molar-refractivity contribution in [3.63, 3.8) is 0 Å². The van der Waals surface area contributed by atoms with Gasteiger partial charge in [0.25, 0.3) is 11.7 Å². The molecule has 26 heavy (non-hydrogen) atoms. The number of amides is 1. The van der Waals surface area contributed by atoms with Gasteiger partial charge in [0, 0.05) is 29.0 Å². The van der Waals surface area contributed by atoms with Crippen LogP contribution in [0.4, 0.5) is 8.78 Å². The summed E-state index contributed by atoms with van der Waals surface area (Å²) in [4.78, 5) is 15.1. The molecule has 1 amide bonds. The number of aryl methyl sites for hydroxylation is 1. The number of hydrogen-bond acceptors (Lipinski definition) is 3. The number of alkyl halides is 2. The van der Waals surface area contributed by atoms with Crippen molar-refractivity contribution in [1.82, 2.24) is 4.90 Å². The Balaban J connectivity index is 1.73. The lowest BCUT2D eigenvalue weighted by Crippen LogP contribution is -2.33. The van der Waals surface area contributed by atoms with Gasteiger partial charge in [-0.1, -0.05) is 48.2 Å². The third-order valence-electron chi connectivity index (χ3n) is 4.50. The molecule has 1 unspecified atom stereocenters. The van der Waals surface area contributed by atoms with Crippen LogP contribution in [0.2, 0.25) is 0 Å². The maximum atomic E-state index is 12.9. The molecular formula is C20H21F2NOS2. The summed E-state index contributed by atoms with van der Waals surface area (Å²) in [5, 5.41) is 0.361. The highest BCUT2D eigenvalue weighted by Crippen LogP contribution is 2.36. The molecule has 2 aromatic rings. The number of benzene rings is 2. The molecule has 1 saturated heterocycles. The molecule has 138 valence electrons. The molecule has 0 saturated carbocycles. The third-order valence-corrected chi connectivity index (χ3v) is 6.60. The van der Waals surface area contributed by atoms with Crippen molar-refractivity contribution < 1.29 is 13.6 Å². The van der Waals surface area contributed by atoms with Gasteiger partial charge in [0.2, 0.25) is 0 Å². The molecule has 6 heteroatoms. The zero-order valence-corrected chi connectivity index (χ0v) is 16.2. The van der Waals surface area contributed by atoms with Gasteiger partial charge in [0.1, 0.15) is 0 Å². The van der Waals surface area contributed by atoms with Crippen LogP contribution in [0.25, 0.3) is 0 Å². The second-order valence-corrected chi connectivity index (χ2v) is 8.51. The minimum Gasteiger partial charge on any atom is -0.338 e. The Morgan fingerprint density at radius 1 is 1.15 bits per heavy atom. The zero-order valence-electron chi connectivity index (χ0n) is 14.5. The summed E-state index contributed by atoms with van der Waals surface area (Å²) in [5.74, 6) is -1.84. The van der Waals surface area contributed by atoms with Crippen molar-refractivity contribution in [2.24, 2.45) is 0 Å². The topological polar surface area (TPSA) is 20.3 Å². The number of rotatable bonds is 4. The molecule has 0 radical (unpaired) electrons. The number of carbonyl (C=O) groups is 1. The minimum absolute atomic E-state index is 0.153. The van der Waals surface area contributed by atoms with E-state index in [1.807, 2.05) is 17.8 Å². The fourth-order valence-corrected chi connectivity index (χ4v) is 5.14. The summed E-state index contributed by atoms with van der Waals surface area (Å²) in [6.45, 7) is 3.39. The molecule has 0 N–H and O–H groups in total. The summed E-state index contributed by atoms with van der Waals surface area (Å²) >= 11 is 2.30. The Kier molecular flexibility index (Phi) is 6.59. The quantitative estimate of drug-likeness (QED) is 0.628. The maximum absolute atomic E-state index is 12.9. The Labute approximate surface area is 161 Å². The SMILES string of the molecule is Cc1ccccc1C1CCN(C(=O)c2ccccc2SC(F)F)CCS1. The first-order chi connectivity index (χ1) is 12.6. The number of hydrogen-bond donors (Lipinski definition) is 0. The van der Waals surface area contributed by atoms with Gasteiger partial charge in [-0.05, 0) is 36.6 Å². The highest BCUT2D eigenvalue weighted by molar-refractivity contribution is 7.99. The summed E-state index contributed by atoms with van der Waals surface area (Å²) in [6, 6.07) is 15.0. The van der Waals surface area contributed by atoms with Crippen molar-refractivity contribution in [3.05, 3.63) is 65.2 Å². The fourth-order valence-electron chi connectivity index (χ4n) is 3.18. The van der Waals surface area contributed by atoms with E-state index < -0.39 is 5.76 Å². The van der Waals surface area contributed by atoms with Crippen molar-refractivity contribution in [2.75, 3.05) is 18.8 Å². The predicted octanol–water partition coefficient (Wildman–Crippen LogP) is 5.63. The van der Waals surface area contributed by atoms with Crippen LogP contribution in [0.3, 0.4) is 0 Å². The van der Waals surface area contributed by atoms with Crippen LogP contribution >= 0.6 is 23.5 Å². The van der Waals surface area contributed by atoms with Crippen LogP contribution < -0.4 is 0 Å². The Hall–Kier alpha value is -1.53. The molecule has 0 aromatic heterocycles. The largest absolute Gasteiger partial charge is 0.338 e. The van der Waals surface area contributed by atoms with Gasteiger partial charge in [0.15, 0.2) is 0 Å². The second-order valence-electron chi connectivity index (χ2n) is 6.17. The molecule has 0 aliphatic carbocycles. The van der Waals surface area contributed by atoms with Crippen LogP contribution in [0.1, 0.15) is 33.2 Å². The van der Waals surface area contributed by atoms with E-state index in [1.165, 1.54) is 11.1 Å². The van der Waals surface area contributed by atoms with E-state index in [2.05, 4.69) is 25.1 Å². The molecule has 1 atom stereocenters. The van der Waals surface area contributed by atoms with Gasteiger partial charge in [-0.3, -0.25) is 4.79 Å². The van der Waals surface area contributed by atoms with E-state index in [0.717, 1.165) is 12.2 Å². The van der Waals surface area contributed by atoms with Gasteiger partial charge in [-0.25, -0.2) is 0 Å². The predicted molar refractivity (Wildman–Crippen MR) is 105 cm³/mol. The van der Waals surface area contributed by atoms with E-state index in [4.69, 9.17) is 0 Å². The van der Waals surface area contributed by atoms with Gasteiger partial charge in [0.05, 0.1) is 5.56 Å². The van der Waals surface area contributed by atoms with Gasteiger partial charge >= 0.3 is 0 Å². The Morgan fingerprint density at radius 2 is 1.88 bits per heavy atom. The van der Waals surface area contributed by atoms with Gasteiger partial charge in [-0.15, -0.1) is 0 Å². The van der Waals surface area contributed by atoms with E-state index in [0.29, 0.717) is 40.6 Å². The number of nitrogens with zero attached hydrogens (tertiary/aromatic N) is 1. The molecule has 1 aliphatic rings. The van der Waals surface area contributed by atoms with Crippen LogP contribution in [0, 0.1) is 6.92 Å². The summed E-state index contributed by atoms with van der Waals surface area (Å²) < 4.78 is 25.6. The van der Waals surface area contributed by atoms with Crippen LogP contribution in [-0.2, 0) is 0 Å². The van der Waals surface area contributed by atoms with Gasteiger partial charge < -0.3 is 4.90 Å². The maximum Gasteiger partial charge on any atom is 0.288 e. The molecule has 2 nitrogen and oxygen atoms in total. The molecule has 0 bridgehead atoms. The average Bonchev–Trinajstić information content (AvgIpc) is 2.88. The first kappa shape index (κ1) is 19.2.